The molecule has 2 aromatic carbocycles. The lowest BCUT2D eigenvalue weighted by Crippen LogP contribution is -1.99. The second kappa shape index (κ2) is 6.10. The summed E-state index contributed by atoms with van der Waals surface area (Å²) in [4.78, 5) is 0. The van der Waals surface area contributed by atoms with E-state index in [0.717, 1.165) is 5.56 Å². The van der Waals surface area contributed by atoms with E-state index >= 15 is 0 Å². The third-order valence-electron chi connectivity index (χ3n) is 2.40. The van der Waals surface area contributed by atoms with E-state index in [0.29, 0.717) is 31.5 Å². The first-order chi connectivity index (χ1) is 8.97. The normalized spacial score (nSPS) is 10.5. The fourth-order valence-electron chi connectivity index (χ4n) is 1.52. The lowest BCUT2D eigenvalue weighted by atomic mass is 10.2. The highest BCUT2D eigenvalue weighted by atomic mass is 35.5. The molecular formula is C13H9Cl4NO. The molecule has 0 radical (unpaired) electrons. The lowest BCUT2D eigenvalue weighted by Gasteiger charge is -2.11. The Morgan fingerprint density at radius 1 is 0.895 bits per heavy atom. The predicted octanol–water partition coefficient (Wildman–Crippen LogP) is 5.46. The molecule has 0 atom stereocenters. The van der Waals surface area contributed by atoms with Crippen LogP contribution in [0.2, 0.25) is 20.1 Å². The van der Waals surface area contributed by atoms with Crippen molar-refractivity contribution >= 4 is 52.1 Å². The van der Waals surface area contributed by atoms with Gasteiger partial charge in [0.1, 0.15) is 6.61 Å². The van der Waals surface area contributed by atoms with E-state index in [1.807, 2.05) is 0 Å². The molecule has 0 saturated carbocycles. The molecule has 2 aromatic rings. The molecule has 0 saturated heterocycles. The minimum Gasteiger partial charge on any atom is -0.486 e. The third kappa shape index (κ3) is 3.61. The Morgan fingerprint density at radius 2 is 1.53 bits per heavy atom. The summed E-state index contributed by atoms with van der Waals surface area (Å²) in [6.07, 6.45) is 0. The van der Waals surface area contributed by atoms with E-state index in [9.17, 15) is 0 Å². The molecule has 19 heavy (non-hydrogen) atoms. The Kier molecular flexibility index (Phi) is 4.69. The minimum absolute atomic E-state index is 0.213. The Bertz CT molecular complexity index is 593. The van der Waals surface area contributed by atoms with Crippen LogP contribution >= 0.6 is 46.4 Å². The number of hydrogen-bond donors (Lipinski definition) is 1. The smallest absolute Gasteiger partial charge is 0.157 e. The largest absolute Gasteiger partial charge is 0.486 e. The van der Waals surface area contributed by atoms with Gasteiger partial charge in [-0.05, 0) is 30.3 Å². The molecule has 0 amide bonds. The minimum atomic E-state index is 0.213. The van der Waals surface area contributed by atoms with E-state index < -0.39 is 0 Å². The molecule has 0 aliphatic heterocycles. The first-order valence-electron chi connectivity index (χ1n) is 5.28. The van der Waals surface area contributed by atoms with Crippen molar-refractivity contribution in [1.82, 2.24) is 0 Å². The second-order valence-corrected chi connectivity index (χ2v) is 5.50. The summed E-state index contributed by atoms with van der Waals surface area (Å²) >= 11 is 23.9. The summed E-state index contributed by atoms with van der Waals surface area (Å²) in [5, 5.41) is 1.70. The second-order valence-electron chi connectivity index (χ2n) is 3.84. The fourth-order valence-corrected chi connectivity index (χ4v) is 2.62. The van der Waals surface area contributed by atoms with Crippen LogP contribution in [0.4, 0.5) is 5.69 Å². The summed E-state index contributed by atoms with van der Waals surface area (Å²) < 4.78 is 5.58. The van der Waals surface area contributed by atoms with Crippen molar-refractivity contribution in [3.63, 3.8) is 0 Å². The van der Waals surface area contributed by atoms with Gasteiger partial charge < -0.3 is 10.5 Å². The van der Waals surface area contributed by atoms with E-state index in [1.165, 1.54) is 0 Å². The summed E-state index contributed by atoms with van der Waals surface area (Å²) in [6, 6.07) is 8.28. The van der Waals surface area contributed by atoms with Crippen LogP contribution in [-0.2, 0) is 6.61 Å². The number of halogens is 4. The number of benzene rings is 2. The topological polar surface area (TPSA) is 35.2 Å². The van der Waals surface area contributed by atoms with Crippen LogP contribution in [0.1, 0.15) is 5.56 Å². The number of rotatable bonds is 3. The van der Waals surface area contributed by atoms with Crippen molar-refractivity contribution in [1.29, 1.82) is 0 Å². The molecule has 0 bridgehead atoms. The molecule has 0 aliphatic carbocycles. The molecule has 2 nitrogen and oxygen atoms in total. The number of anilines is 1. The maximum absolute atomic E-state index is 6.04. The predicted molar refractivity (Wildman–Crippen MR) is 81.7 cm³/mol. The molecule has 0 aromatic heterocycles. The van der Waals surface area contributed by atoms with Gasteiger partial charge in [-0.15, -0.1) is 0 Å². The van der Waals surface area contributed by atoms with Gasteiger partial charge in [0.15, 0.2) is 5.75 Å². The Labute approximate surface area is 131 Å². The highest BCUT2D eigenvalue weighted by Gasteiger charge is 2.10. The monoisotopic (exact) mass is 335 g/mol. The summed E-state index contributed by atoms with van der Waals surface area (Å²) in [5.74, 6) is 0.367. The van der Waals surface area contributed by atoms with Gasteiger partial charge in [-0.1, -0.05) is 46.4 Å². The molecule has 0 aliphatic rings. The molecule has 2 rings (SSSR count). The van der Waals surface area contributed by atoms with Crippen LogP contribution in [0, 0.1) is 0 Å². The standard InChI is InChI=1S/C13H9Cl4NO/c14-8-4-11(16)13(12(17)5-8)19-6-7-3-9(18)1-2-10(7)15/h1-5H,6,18H2. The van der Waals surface area contributed by atoms with Crippen molar-refractivity contribution in [2.45, 2.75) is 6.61 Å². The maximum atomic E-state index is 6.04. The molecule has 0 spiro atoms. The van der Waals surface area contributed by atoms with Crippen LogP contribution < -0.4 is 10.5 Å². The van der Waals surface area contributed by atoms with Crippen LogP contribution in [-0.4, -0.2) is 0 Å². The van der Waals surface area contributed by atoms with E-state index in [4.69, 9.17) is 56.9 Å². The zero-order valence-electron chi connectivity index (χ0n) is 9.59. The Morgan fingerprint density at radius 3 is 2.16 bits per heavy atom. The quantitative estimate of drug-likeness (QED) is 0.755. The van der Waals surface area contributed by atoms with Crippen LogP contribution in [0.5, 0.6) is 5.75 Å². The number of nitrogens with two attached hydrogens (primary N) is 1. The van der Waals surface area contributed by atoms with Crippen molar-refractivity contribution in [3.05, 3.63) is 56.0 Å². The fraction of sp³-hybridized carbons (Fsp3) is 0.0769. The SMILES string of the molecule is Nc1ccc(Cl)c(COc2c(Cl)cc(Cl)cc2Cl)c1. The van der Waals surface area contributed by atoms with Gasteiger partial charge in [0.2, 0.25) is 0 Å². The number of nitrogen functional groups attached to an aromatic ring is 1. The summed E-state index contributed by atoms with van der Waals surface area (Å²) in [7, 11) is 0. The zero-order valence-corrected chi connectivity index (χ0v) is 12.6. The number of hydrogen-bond acceptors (Lipinski definition) is 2. The average molecular weight is 337 g/mol. The first kappa shape index (κ1) is 14.6. The average Bonchev–Trinajstić information content (AvgIpc) is 2.32. The lowest BCUT2D eigenvalue weighted by molar-refractivity contribution is 0.307. The van der Waals surface area contributed by atoms with E-state index in [1.54, 1.807) is 30.3 Å². The van der Waals surface area contributed by atoms with E-state index in [-0.39, 0.29) is 6.61 Å². The highest BCUT2D eigenvalue weighted by Crippen LogP contribution is 2.36. The highest BCUT2D eigenvalue weighted by molar-refractivity contribution is 6.40. The molecule has 0 fully saturated rings. The maximum Gasteiger partial charge on any atom is 0.157 e. The Hall–Kier alpha value is -0.800. The van der Waals surface area contributed by atoms with Crippen molar-refractivity contribution in [3.8, 4) is 5.75 Å². The van der Waals surface area contributed by atoms with Gasteiger partial charge in [-0.2, -0.15) is 0 Å². The molecule has 100 valence electrons. The molecule has 6 heteroatoms. The van der Waals surface area contributed by atoms with E-state index in [2.05, 4.69) is 0 Å². The molecule has 2 N–H and O–H groups in total. The number of ether oxygens (including phenoxy) is 1. The third-order valence-corrected chi connectivity index (χ3v) is 3.55. The van der Waals surface area contributed by atoms with Crippen molar-refractivity contribution in [2.75, 3.05) is 5.73 Å². The zero-order chi connectivity index (χ0) is 14.0. The summed E-state index contributed by atoms with van der Waals surface area (Å²) in [6.45, 7) is 0.213. The van der Waals surface area contributed by atoms with Crippen LogP contribution in [0.25, 0.3) is 0 Å². The van der Waals surface area contributed by atoms with Gasteiger partial charge in [0, 0.05) is 21.3 Å². The van der Waals surface area contributed by atoms with Gasteiger partial charge in [0.05, 0.1) is 10.0 Å². The summed E-state index contributed by atoms with van der Waals surface area (Å²) in [5.41, 5.74) is 7.05. The van der Waals surface area contributed by atoms with Gasteiger partial charge in [-0.3, -0.25) is 0 Å². The molecular weight excluding hydrogens is 328 g/mol. The van der Waals surface area contributed by atoms with Gasteiger partial charge in [0.25, 0.3) is 0 Å². The van der Waals surface area contributed by atoms with Crippen LogP contribution in [0.15, 0.2) is 30.3 Å². The Balaban J connectivity index is 2.21. The van der Waals surface area contributed by atoms with Crippen molar-refractivity contribution in [2.24, 2.45) is 0 Å². The van der Waals surface area contributed by atoms with Gasteiger partial charge >= 0.3 is 0 Å². The first-order valence-corrected chi connectivity index (χ1v) is 6.80. The van der Waals surface area contributed by atoms with Crippen LogP contribution in [0.3, 0.4) is 0 Å². The molecule has 0 unspecified atom stereocenters. The van der Waals surface area contributed by atoms with Crippen molar-refractivity contribution < 1.29 is 4.74 Å². The van der Waals surface area contributed by atoms with Gasteiger partial charge in [-0.25, -0.2) is 0 Å². The molecule has 0 heterocycles.